The van der Waals surface area contributed by atoms with Gasteiger partial charge < -0.3 is 9.84 Å². The molecule has 1 aromatic rings. The van der Waals surface area contributed by atoms with Crippen molar-refractivity contribution < 1.29 is 18.3 Å². The highest BCUT2D eigenvalue weighted by atomic mass is 32.2. The van der Waals surface area contributed by atoms with E-state index in [-0.39, 0.29) is 17.4 Å². The predicted octanol–water partition coefficient (Wildman–Crippen LogP) is 0.945. The van der Waals surface area contributed by atoms with E-state index >= 15 is 0 Å². The Morgan fingerprint density at radius 1 is 1.56 bits per heavy atom. The minimum absolute atomic E-state index is 0.187. The summed E-state index contributed by atoms with van der Waals surface area (Å²) in [4.78, 5) is 0.661. The standard InChI is InChI=1S/C11H17NO4S2/c13-7-10-11(3-5-17-10)18(14,15)12-6-9-2-1-4-16-8-9/h3,5,9,12-13H,1-2,4,6-8H2. The number of sulfonamides is 1. The summed E-state index contributed by atoms with van der Waals surface area (Å²) in [5.41, 5.74) is 0. The smallest absolute Gasteiger partial charge is 0.241 e. The van der Waals surface area contributed by atoms with Crippen LogP contribution in [-0.2, 0) is 21.4 Å². The molecule has 1 aromatic heterocycles. The van der Waals surface area contributed by atoms with Crippen LogP contribution in [0.15, 0.2) is 16.3 Å². The highest BCUT2D eigenvalue weighted by molar-refractivity contribution is 7.89. The van der Waals surface area contributed by atoms with Crippen LogP contribution in [0, 0.1) is 5.92 Å². The van der Waals surface area contributed by atoms with Crippen LogP contribution in [0.3, 0.4) is 0 Å². The molecule has 0 bridgehead atoms. The quantitative estimate of drug-likeness (QED) is 0.847. The van der Waals surface area contributed by atoms with Gasteiger partial charge in [0.05, 0.1) is 18.1 Å². The van der Waals surface area contributed by atoms with Crippen molar-refractivity contribution in [3.8, 4) is 0 Å². The monoisotopic (exact) mass is 291 g/mol. The molecule has 0 saturated carbocycles. The number of thiophene rings is 1. The third kappa shape index (κ3) is 3.30. The summed E-state index contributed by atoms with van der Waals surface area (Å²) in [5, 5.41) is 10.8. The zero-order chi connectivity index (χ0) is 13.0. The number of hydrogen-bond donors (Lipinski definition) is 2. The summed E-state index contributed by atoms with van der Waals surface area (Å²) in [7, 11) is -3.51. The fraction of sp³-hybridized carbons (Fsp3) is 0.636. The van der Waals surface area contributed by atoms with Gasteiger partial charge in [-0.15, -0.1) is 11.3 Å². The van der Waals surface area contributed by atoms with Crippen molar-refractivity contribution in [1.29, 1.82) is 0 Å². The lowest BCUT2D eigenvalue weighted by Gasteiger charge is -2.22. The fourth-order valence-corrected chi connectivity index (χ4v) is 4.37. The summed E-state index contributed by atoms with van der Waals surface area (Å²) < 4.78 is 32.0. The van der Waals surface area contributed by atoms with Crippen LogP contribution in [0.1, 0.15) is 17.7 Å². The van der Waals surface area contributed by atoms with Crippen molar-refractivity contribution >= 4 is 21.4 Å². The molecule has 0 aromatic carbocycles. The van der Waals surface area contributed by atoms with E-state index in [1.54, 1.807) is 5.38 Å². The molecule has 0 aliphatic carbocycles. The highest BCUT2D eigenvalue weighted by Crippen LogP contribution is 2.22. The molecule has 0 spiro atoms. The van der Waals surface area contributed by atoms with E-state index in [0.29, 0.717) is 18.0 Å². The Balaban J connectivity index is 1.99. The van der Waals surface area contributed by atoms with Gasteiger partial charge in [0.2, 0.25) is 10.0 Å². The summed E-state index contributed by atoms with van der Waals surface area (Å²) >= 11 is 1.24. The molecule has 2 N–H and O–H groups in total. The molecule has 7 heteroatoms. The van der Waals surface area contributed by atoms with Crippen molar-refractivity contribution in [3.05, 3.63) is 16.3 Å². The van der Waals surface area contributed by atoms with E-state index in [4.69, 9.17) is 9.84 Å². The van der Waals surface area contributed by atoms with Gasteiger partial charge in [-0.05, 0) is 30.2 Å². The van der Waals surface area contributed by atoms with Gasteiger partial charge in [0, 0.05) is 18.0 Å². The molecular weight excluding hydrogens is 274 g/mol. The molecule has 2 rings (SSSR count). The second-order valence-corrected chi connectivity index (χ2v) is 7.04. The first-order valence-corrected chi connectivity index (χ1v) is 8.24. The molecule has 0 radical (unpaired) electrons. The first-order chi connectivity index (χ1) is 8.63. The molecule has 1 fully saturated rings. The Kier molecular flexibility index (Phi) is 4.74. The lowest BCUT2D eigenvalue weighted by molar-refractivity contribution is 0.0568. The lowest BCUT2D eigenvalue weighted by Crippen LogP contribution is -2.33. The van der Waals surface area contributed by atoms with Crippen LogP contribution in [-0.4, -0.2) is 33.3 Å². The van der Waals surface area contributed by atoms with Gasteiger partial charge in [0.1, 0.15) is 0 Å². The maximum atomic E-state index is 12.1. The van der Waals surface area contributed by atoms with Crippen LogP contribution in [0.2, 0.25) is 0 Å². The Morgan fingerprint density at radius 3 is 3.06 bits per heavy atom. The Labute approximate surface area is 111 Å². The highest BCUT2D eigenvalue weighted by Gasteiger charge is 2.22. The largest absolute Gasteiger partial charge is 0.391 e. The zero-order valence-electron chi connectivity index (χ0n) is 9.96. The zero-order valence-corrected chi connectivity index (χ0v) is 11.6. The minimum Gasteiger partial charge on any atom is -0.391 e. The van der Waals surface area contributed by atoms with E-state index in [0.717, 1.165) is 19.4 Å². The van der Waals surface area contributed by atoms with E-state index < -0.39 is 10.0 Å². The van der Waals surface area contributed by atoms with E-state index in [1.807, 2.05) is 0 Å². The topological polar surface area (TPSA) is 75.6 Å². The first kappa shape index (κ1) is 14.0. The predicted molar refractivity (Wildman–Crippen MR) is 69.0 cm³/mol. The Bertz CT molecular complexity index is 477. The van der Waals surface area contributed by atoms with Crippen molar-refractivity contribution in [1.82, 2.24) is 4.72 Å². The minimum atomic E-state index is -3.51. The molecule has 1 aliphatic rings. The number of aliphatic hydroxyl groups excluding tert-OH is 1. The lowest BCUT2D eigenvalue weighted by atomic mass is 10.0. The average Bonchev–Trinajstić information content (AvgIpc) is 2.87. The van der Waals surface area contributed by atoms with Gasteiger partial charge in [-0.2, -0.15) is 0 Å². The van der Waals surface area contributed by atoms with E-state index in [9.17, 15) is 8.42 Å². The summed E-state index contributed by atoms with van der Waals surface area (Å²) in [6.07, 6.45) is 1.96. The van der Waals surface area contributed by atoms with Crippen LogP contribution >= 0.6 is 11.3 Å². The molecule has 5 nitrogen and oxygen atoms in total. The van der Waals surface area contributed by atoms with Gasteiger partial charge in [-0.3, -0.25) is 0 Å². The third-order valence-corrected chi connectivity index (χ3v) is 5.50. The van der Waals surface area contributed by atoms with Gasteiger partial charge >= 0.3 is 0 Å². The Morgan fingerprint density at radius 2 is 2.39 bits per heavy atom. The molecule has 1 unspecified atom stereocenters. The normalized spacial score (nSPS) is 21.1. The molecule has 2 heterocycles. The molecule has 102 valence electrons. The maximum absolute atomic E-state index is 12.1. The van der Waals surface area contributed by atoms with Crippen molar-refractivity contribution in [3.63, 3.8) is 0 Å². The second kappa shape index (κ2) is 6.12. The molecule has 18 heavy (non-hydrogen) atoms. The third-order valence-electron chi connectivity index (χ3n) is 2.95. The maximum Gasteiger partial charge on any atom is 0.241 e. The SMILES string of the molecule is O=S(=O)(NCC1CCCOC1)c1ccsc1CO. The summed E-state index contributed by atoms with van der Waals surface area (Å²) in [6.45, 7) is 1.52. The number of ether oxygens (including phenoxy) is 1. The molecule has 1 atom stereocenters. The molecule has 0 amide bonds. The summed E-state index contributed by atoms with van der Waals surface area (Å²) in [5.74, 6) is 0.240. The second-order valence-electron chi connectivity index (χ2n) is 4.30. The molecule has 1 saturated heterocycles. The number of nitrogens with one attached hydrogen (secondary N) is 1. The van der Waals surface area contributed by atoms with Crippen molar-refractivity contribution in [2.75, 3.05) is 19.8 Å². The number of aliphatic hydroxyl groups is 1. The van der Waals surface area contributed by atoms with Gasteiger partial charge in [-0.25, -0.2) is 13.1 Å². The van der Waals surface area contributed by atoms with Crippen LogP contribution in [0.4, 0.5) is 0 Å². The van der Waals surface area contributed by atoms with Crippen LogP contribution < -0.4 is 4.72 Å². The van der Waals surface area contributed by atoms with Crippen LogP contribution in [0.25, 0.3) is 0 Å². The van der Waals surface area contributed by atoms with Crippen molar-refractivity contribution in [2.24, 2.45) is 5.92 Å². The Hall–Kier alpha value is -0.470. The van der Waals surface area contributed by atoms with Gasteiger partial charge in [0.25, 0.3) is 0 Å². The van der Waals surface area contributed by atoms with E-state index in [1.165, 1.54) is 17.4 Å². The number of rotatable bonds is 5. The molecular formula is C11H17NO4S2. The first-order valence-electron chi connectivity index (χ1n) is 5.88. The van der Waals surface area contributed by atoms with Crippen LogP contribution in [0.5, 0.6) is 0 Å². The number of hydrogen-bond acceptors (Lipinski definition) is 5. The van der Waals surface area contributed by atoms with E-state index in [2.05, 4.69) is 4.72 Å². The fourth-order valence-electron chi connectivity index (χ4n) is 1.96. The summed E-state index contributed by atoms with van der Waals surface area (Å²) in [6, 6.07) is 1.52. The molecule has 1 aliphatic heterocycles. The average molecular weight is 291 g/mol. The van der Waals surface area contributed by atoms with Gasteiger partial charge in [0.15, 0.2) is 0 Å². The van der Waals surface area contributed by atoms with Crippen molar-refractivity contribution in [2.45, 2.75) is 24.3 Å². The van der Waals surface area contributed by atoms with Gasteiger partial charge in [-0.1, -0.05) is 0 Å².